The smallest absolute Gasteiger partial charge is 0.127 e. The molecular weight excluding hydrogens is 272 g/mol. The molecule has 4 heteroatoms. The zero-order valence-electron chi connectivity index (χ0n) is 11.9. The second kappa shape index (κ2) is 6.33. The van der Waals surface area contributed by atoms with Crippen molar-refractivity contribution in [3.8, 4) is 5.75 Å². The van der Waals surface area contributed by atoms with Gasteiger partial charge in [0, 0.05) is 29.6 Å². The lowest BCUT2D eigenvalue weighted by Crippen LogP contribution is -2.40. The summed E-state index contributed by atoms with van der Waals surface area (Å²) in [6.45, 7) is 3.55. The fourth-order valence-electron chi connectivity index (χ4n) is 3.12. The Kier molecular flexibility index (Phi) is 4.49. The van der Waals surface area contributed by atoms with Crippen LogP contribution in [0, 0.1) is 0 Å². The van der Waals surface area contributed by atoms with Gasteiger partial charge in [-0.3, -0.25) is 4.90 Å². The van der Waals surface area contributed by atoms with Crippen molar-refractivity contribution in [3.05, 3.63) is 28.3 Å². The SMILES string of the molecule is NCCCN(Cc1cc(Cl)cc2c1OCC2)C1CCC1. The van der Waals surface area contributed by atoms with Crippen molar-refractivity contribution in [1.82, 2.24) is 4.90 Å². The van der Waals surface area contributed by atoms with Crippen molar-refractivity contribution in [2.24, 2.45) is 5.73 Å². The Morgan fingerprint density at radius 3 is 2.90 bits per heavy atom. The summed E-state index contributed by atoms with van der Waals surface area (Å²) in [5.41, 5.74) is 8.18. The number of ether oxygens (including phenoxy) is 1. The summed E-state index contributed by atoms with van der Waals surface area (Å²) in [5, 5.41) is 0.830. The molecule has 0 atom stereocenters. The second-order valence-electron chi connectivity index (χ2n) is 5.85. The number of fused-ring (bicyclic) bond motifs is 1. The summed E-state index contributed by atoms with van der Waals surface area (Å²) in [6.07, 6.45) is 6.02. The minimum atomic E-state index is 0.720. The lowest BCUT2D eigenvalue weighted by Gasteiger charge is -2.38. The highest BCUT2D eigenvalue weighted by Crippen LogP contribution is 2.35. The van der Waals surface area contributed by atoms with Gasteiger partial charge in [-0.15, -0.1) is 0 Å². The number of nitrogens with zero attached hydrogens (tertiary/aromatic N) is 1. The molecule has 1 aromatic carbocycles. The molecule has 0 saturated heterocycles. The average Bonchev–Trinajstić information content (AvgIpc) is 2.81. The molecule has 0 aromatic heterocycles. The van der Waals surface area contributed by atoms with Gasteiger partial charge < -0.3 is 10.5 Å². The molecule has 3 nitrogen and oxygen atoms in total. The minimum Gasteiger partial charge on any atom is -0.493 e. The van der Waals surface area contributed by atoms with Crippen molar-refractivity contribution in [2.45, 2.75) is 44.7 Å². The Labute approximate surface area is 126 Å². The van der Waals surface area contributed by atoms with Gasteiger partial charge in [0.05, 0.1) is 6.61 Å². The van der Waals surface area contributed by atoms with Gasteiger partial charge >= 0.3 is 0 Å². The third-order valence-corrected chi connectivity index (χ3v) is 4.66. The normalized spacial score (nSPS) is 17.9. The van der Waals surface area contributed by atoms with Gasteiger partial charge in [0.2, 0.25) is 0 Å². The number of nitrogens with two attached hydrogens (primary N) is 1. The Bertz CT molecular complexity index is 474. The molecular formula is C16H23ClN2O. The molecule has 0 bridgehead atoms. The zero-order chi connectivity index (χ0) is 13.9. The predicted molar refractivity (Wildman–Crippen MR) is 82.4 cm³/mol. The van der Waals surface area contributed by atoms with Crippen LogP contribution in [0.15, 0.2) is 12.1 Å². The third kappa shape index (κ3) is 2.95. The lowest BCUT2D eigenvalue weighted by molar-refractivity contribution is 0.117. The van der Waals surface area contributed by atoms with E-state index in [1.54, 1.807) is 0 Å². The monoisotopic (exact) mass is 294 g/mol. The van der Waals surface area contributed by atoms with Crippen LogP contribution in [-0.2, 0) is 13.0 Å². The van der Waals surface area contributed by atoms with Crippen LogP contribution in [0.4, 0.5) is 0 Å². The highest BCUT2D eigenvalue weighted by molar-refractivity contribution is 6.30. The Morgan fingerprint density at radius 2 is 2.20 bits per heavy atom. The summed E-state index contributed by atoms with van der Waals surface area (Å²) < 4.78 is 5.81. The summed E-state index contributed by atoms with van der Waals surface area (Å²) in [4.78, 5) is 2.56. The van der Waals surface area contributed by atoms with E-state index in [9.17, 15) is 0 Å². The first-order valence-electron chi connectivity index (χ1n) is 7.66. The van der Waals surface area contributed by atoms with Gasteiger partial charge in [-0.05, 0) is 50.0 Å². The second-order valence-corrected chi connectivity index (χ2v) is 6.29. The molecule has 20 heavy (non-hydrogen) atoms. The van der Waals surface area contributed by atoms with Gasteiger partial charge in [-0.1, -0.05) is 18.0 Å². The molecule has 1 saturated carbocycles. The van der Waals surface area contributed by atoms with Crippen LogP contribution < -0.4 is 10.5 Å². The maximum Gasteiger partial charge on any atom is 0.127 e. The van der Waals surface area contributed by atoms with Crippen LogP contribution in [-0.4, -0.2) is 30.6 Å². The van der Waals surface area contributed by atoms with E-state index in [4.69, 9.17) is 22.1 Å². The first-order chi connectivity index (χ1) is 9.78. The Morgan fingerprint density at radius 1 is 1.35 bits per heavy atom. The van der Waals surface area contributed by atoms with Gasteiger partial charge in [-0.25, -0.2) is 0 Å². The minimum absolute atomic E-state index is 0.720. The lowest BCUT2D eigenvalue weighted by atomic mass is 9.90. The Balaban J connectivity index is 1.77. The van der Waals surface area contributed by atoms with E-state index >= 15 is 0 Å². The van der Waals surface area contributed by atoms with E-state index in [0.29, 0.717) is 0 Å². The molecule has 0 unspecified atom stereocenters. The highest BCUT2D eigenvalue weighted by Gasteiger charge is 2.26. The first kappa shape index (κ1) is 14.2. The first-order valence-corrected chi connectivity index (χ1v) is 8.04. The fourth-order valence-corrected chi connectivity index (χ4v) is 3.38. The highest BCUT2D eigenvalue weighted by atomic mass is 35.5. The van der Waals surface area contributed by atoms with Crippen molar-refractivity contribution in [2.75, 3.05) is 19.7 Å². The quantitative estimate of drug-likeness (QED) is 0.876. The molecule has 0 amide bonds. The largest absolute Gasteiger partial charge is 0.493 e. The molecule has 1 heterocycles. The molecule has 1 aliphatic carbocycles. The number of rotatable bonds is 6. The predicted octanol–water partition coefficient (Wildman–Crippen LogP) is 2.98. The zero-order valence-corrected chi connectivity index (χ0v) is 12.7. The topological polar surface area (TPSA) is 38.5 Å². The number of benzene rings is 1. The average molecular weight is 295 g/mol. The van der Waals surface area contributed by atoms with Crippen molar-refractivity contribution < 1.29 is 4.74 Å². The van der Waals surface area contributed by atoms with Gasteiger partial charge in [0.15, 0.2) is 0 Å². The van der Waals surface area contributed by atoms with E-state index in [1.165, 1.54) is 30.4 Å². The van der Waals surface area contributed by atoms with Crippen LogP contribution in [0.1, 0.15) is 36.8 Å². The fraction of sp³-hybridized carbons (Fsp3) is 0.625. The molecule has 0 spiro atoms. The summed E-state index contributed by atoms with van der Waals surface area (Å²) >= 11 is 6.25. The van der Waals surface area contributed by atoms with Crippen molar-refractivity contribution in [1.29, 1.82) is 0 Å². The number of hydrogen-bond acceptors (Lipinski definition) is 3. The van der Waals surface area contributed by atoms with Gasteiger partial charge in [0.25, 0.3) is 0 Å². The Hall–Kier alpha value is -0.770. The van der Waals surface area contributed by atoms with Crippen LogP contribution in [0.3, 0.4) is 0 Å². The van der Waals surface area contributed by atoms with E-state index in [2.05, 4.69) is 11.0 Å². The van der Waals surface area contributed by atoms with Crippen LogP contribution in [0.5, 0.6) is 5.75 Å². The van der Waals surface area contributed by atoms with Crippen molar-refractivity contribution >= 4 is 11.6 Å². The molecule has 110 valence electrons. The van der Waals surface area contributed by atoms with Crippen molar-refractivity contribution in [3.63, 3.8) is 0 Å². The number of halogens is 1. The van der Waals surface area contributed by atoms with Crippen LogP contribution in [0.25, 0.3) is 0 Å². The molecule has 2 aliphatic rings. The molecule has 1 fully saturated rings. The van der Waals surface area contributed by atoms with E-state index in [-0.39, 0.29) is 0 Å². The molecule has 2 N–H and O–H groups in total. The molecule has 0 radical (unpaired) electrons. The number of hydrogen-bond donors (Lipinski definition) is 1. The van der Waals surface area contributed by atoms with Crippen LogP contribution in [0.2, 0.25) is 5.02 Å². The molecule has 1 aromatic rings. The maximum atomic E-state index is 6.25. The molecule has 1 aliphatic heterocycles. The van der Waals surface area contributed by atoms with E-state index < -0.39 is 0 Å². The van der Waals surface area contributed by atoms with Gasteiger partial charge in [-0.2, -0.15) is 0 Å². The molecule has 3 rings (SSSR count). The maximum absolute atomic E-state index is 6.25. The van der Waals surface area contributed by atoms with E-state index in [1.807, 2.05) is 6.07 Å². The summed E-state index contributed by atoms with van der Waals surface area (Å²) in [6, 6.07) is 4.83. The standard InChI is InChI=1S/C16H23ClN2O/c17-14-9-12-5-8-20-16(12)13(10-14)11-19(7-2-6-18)15-3-1-4-15/h9-10,15H,1-8,11,18H2. The summed E-state index contributed by atoms with van der Waals surface area (Å²) in [7, 11) is 0. The van der Waals surface area contributed by atoms with Gasteiger partial charge in [0.1, 0.15) is 5.75 Å². The summed E-state index contributed by atoms with van der Waals surface area (Å²) in [5.74, 6) is 1.08. The van der Waals surface area contributed by atoms with E-state index in [0.717, 1.165) is 55.9 Å². The third-order valence-electron chi connectivity index (χ3n) is 4.44. The van der Waals surface area contributed by atoms with Crippen LogP contribution >= 0.6 is 11.6 Å².